The molecule has 1 aliphatic carbocycles. The number of carbonyl (C=O) groups is 1. The van der Waals surface area contributed by atoms with Crippen LogP contribution in [0.4, 0.5) is 5.69 Å². The van der Waals surface area contributed by atoms with E-state index < -0.39 is 5.91 Å². The van der Waals surface area contributed by atoms with Crippen LogP contribution in [0.25, 0.3) is 5.57 Å². The summed E-state index contributed by atoms with van der Waals surface area (Å²) < 4.78 is 12.4. The second-order valence-corrected chi connectivity index (χ2v) is 10.7. The number of rotatable bonds is 8. The minimum Gasteiger partial charge on any atom is -0.497 e. The van der Waals surface area contributed by atoms with Crippen LogP contribution in [0.3, 0.4) is 0 Å². The highest BCUT2D eigenvalue weighted by Crippen LogP contribution is 2.47. The third kappa shape index (κ3) is 5.39. The maximum atomic E-state index is 12.7. The van der Waals surface area contributed by atoms with Gasteiger partial charge in [-0.3, -0.25) is 9.79 Å². The molecule has 0 bridgehead atoms. The minimum atomic E-state index is -0.488. The normalized spacial score (nSPS) is 22.2. The molecule has 0 aromatic heterocycles. The molecule has 1 aromatic carbocycles. The highest BCUT2D eigenvalue weighted by Gasteiger charge is 2.30. The Kier molecular flexibility index (Phi) is 7.83. The molecule has 2 aliphatic heterocycles. The van der Waals surface area contributed by atoms with Crippen molar-refractivity contribution in [3.05, 3.63) is 52.3 Å². The number of primary amides is 1. The summed E-state index contributed by atoms with van der Waals surface area (Å²) in [6, 6.07) is 2.04. The quantitative estimate of drug-likeness (QED) is 0.435. The first-order valence-electron chi connectivity index (χ1n) is 13.2. The molecule has 1 amide bonds. The lowest BCUT2D eigenvalue weighted by atomic mass is 9.82. The molecule has 35 heavy (non-hydrogen) atoms. The first kappa shape index (κ1) is 25.3. The number of nitrogens with two attached hydrogens (primary N) is 1. The minimum absolute atomic E-state index is 0.229. The van der Waals surface area contributed by atoms with Crippen LogP contribution in [-0.2, 0) is 4.74 Å². The second kappa shape index (κ2) is 10.8. The molecule has 188 valence electrons. The summed E-state index contributed by atoms with van der Waals surface area (Å²) in [5.41, 5.74) is 11.6. The van der Waals surface area contributed by atoms with E-state index in [1.807, 2.05) is 12.3 Å². The van der Waals surface area contributed by atoms with Crippen molar-refractivity contribution in [1.82, 2.24) is 0 Å². The number of allylic oxidation sites excluding steroid dienone is 5. The van der Waals surface area contributed by atoms with Crippen LogP contribution < -0.4 is 10.5 Å². The van der Waals surface area contributed by atoms with E-state index in [1.54, 1.807) is 0 Å². The fourth-order valence-electron chi connectivity index (χ4n) is 5.63. The predicted octanol–water partition coefficient (Wildman–Crippen LogP) is 7.10. The first-order chi connectivity index (χ1) is 16.8. The SMILES string of the molecule is CCC1CC=Nc2c(C(N)=O)c(OCC(C)CC(C)C)cc(C3=CC4=C(OCCC4)C(C)C=C3)c21. The van der Waals surface area contributed by atoms with Crippen LogP contribution in [0, 0.1) is 17.8 Å². The molecule has 3 atom stereocenters. The van der Waals surface area contributed by atoms with E-state index in [-0.39, 0.29) is 11.8 Å². The number of hydrogen-bond acceptors (Lipinski definition) is 4. The van der Waals surface area contributed by atoms with Crippen molar-refractivity contribution in [1.29, 1.82) is 0 Å². The number of carbonyl (C=O) groups excluding carboxylic acids is 1. The van der Waals surface area contributed by atoms with Crippen LogP contribution in [-0.4, -0.2) is 25.3 Å². The number of ether oxygens (including phenoxy) is 2. The number of hydrogen-bond donors (Lipinski definition) is 1. The lowest BCUT2D eigenvalue weighted by Crippen LogP contribution is -2.19. The number of amides is 1. The largest absolute Gasteiger partial charge is 0.497 e. The lowest BCUT2D eigenvalue weighted by molar-refractivity contribution is 0.0995. The molecule has 0 fully saturated rings. The maximum Gasteiger partial charge on any atom is 0.254 e. The van der Waals surface area contributed by atoms with Crippen molar-refractivity contribution in [3.63, 3.8) is 0 Å². The Morgan fingerprint density at radius 3 is 2.83 bits per heavy atom. The highest BCUT2D eigenvalue weighted by atomic mass is 16.5. The second-order valence-electron chi connectivity index (χ2n) is 10.7. The maximum absolute atomic E-state index is 12.7. The fourth-order valence-corrected chi connectivity index (χ4v) is 5.63. The van der Waals surface area contributed by atoms with Gasteiger partial charge >= 0.3 is 0 Å². The van der Waals surface area contributed by atoms with Crippen molar-refractivity contribution in [2.24, 2.45) is 28.5 Å². The molecular formula is C30H40N2O3. The van der Waals surface area contributed by atoms with Crippen LogP contribution >= 0.6 is 0 Å². The molecule has 3 aliphatic rings. The summed E-state index contributed by atoms with van der Waals surface area (Å²) in [5.74, 6) is 2.58. The van der Waals surface area contributed by atoms with E-state index in [0.29, 0.717) is 35.4 Å². The Hall–Kier alpha value is -2.82. The molecule has 0 radical (unpaired) electrons. The Morgan fingerprint density at radius 1 is 1.31 bits per heavy atom. The topological polar surface area (TPSA) is 73.9 Å². The summed E-state index contributed by atoms with van der Waals surface area (Å²) in [7, 11) is 0. The predicted molar refractivity (Wildman–Crippen MR) is 143 cm³/mol. The van der Waals surface area contributed by atoms with Gasteiger partial charge in [-0.25, -0.2) is 0 Å². The third-order valence-corrected chi connectivity index (χ3v) is 7.24. The fraction of sp³-hybridized carbons (Fsp3) is 0.533. The highest BCUT2D eigenvalue weighted by molar-refractivity contribution is 6.04. The van der Waals surface area contributed by atoms with Crippen LogP contribution in [0.15, 0.2) is 40.6 Å². The van der Waals surface area contributed by atoms with Crippen molar-refractivity contribution >= 4 is 23.4 Å². The zero-order chi connectivity index (χ0) is 25.1. The van der Waals surface area contributed by atoms with Gasteiger partial charge in [0.2, 0.25) is 0 Å². The standard InChI is InChI=1S/C30H40N2O3/c1-6-21-11-12-32-28-26(21)24(22-10-9-20(5)29-23(15-22)8-7-13-34-29)16-25(27(28)30(31)33)35-17-19(4)14-18(2)3/h9-10,12,15-16,18-21H,6-8,11,13-14,17H2,1-5H3,(H2,31,33). The number of benzene rings is 1. The molecular weight excluding hydrogens is 436 g/mol. The van der Waals surface area contributed by atoms with Gasteiger partial charge in [0.15, 0.2) is 0 Å². The third-order valence-electron chi connectivity index (χ3n) is 7.24. The molecule has 5 heteroatoms. The average Bonchev–Trinajstić information content (AvgIpc) is 2.99. The molecule has 2 N–H and O–H groups in total. The van der Waals surface area contributed by atoms with E-state index in [0.717, 1.165) is 61.2 Å². The van der Waals surface area contributed by atoms with Gasteiger partial charge in [0.25, 0.3) is 5.91 Å². The van der Waals surface area contributed by atoms with Crippen molar-refractivity contribution in [2.45, 2.75) is 72.6 Å². The summed E-state index contributed by atoms with van der Waals surface area (Å²) >= 11 is 0. The lowest BCUT2D eigenvalue weighted by Gasteiger charge is -2.27. The van der Waals surface area contributed by atoms with E-state index in [9.17, 15) is 4.79 Å². The molecule has 5 nitrogen and oxygen atoms in total. The summed E-state index contributed by atoms with van der Waals surface area (Å²) in [6.07, 6.45) is 13.5. The van der Waals surface area contributed by atoms with Crippen molar-refractivity contribution < 1.29 is 14.3 Å². The smallest absolute Gasteiger partial charge is 0.254 e. The Bertz CT molecular complexity index is 1090. The van der Waals surface area contributed by atoms with Crippen LogP contribution in [0.1, 0.15) is 94.1 Å². The average molecular weight is 477 g/mol. The van der Waals surface area contributed by atoms with Gasteiger partial charge in [-0.15, -0.1) is 0 Å². The van der Waals surface area contributed by atoms with Gasteiger partial charge in [-0.2, -0.15) is 0 Å². The van der Waals surface area contributed by atoms with Crippen LogP contribution in [0.2, 0.25) is 0 Å². The molecule has 4 rings (SSSR count). The van der Waals surface area contributed by atoms with Gasteiger partial charge in [-0.05, 0) is 84.3 Å². The van der Waals surface area contributed by atoms with Crippen molar-refractivity contribution in [2.75, 3.05) is 13.2 Å². The Balaban J connectivity index is 1.87. The van der Waals surface area contributed by atoms with E-state index in [4.69, 9.17) is 20.2 Å². The number of nitrogens with zero attached hydrogens (tertiary/aromatic N) is 1. The van der Waals surface area contributed by atoms with Gasteiger partial charge in [0.1, 0.15) is 17.1 Å². The van der Waals surface area contributed by atoms with Crippen LogP contribution in [0.5, 0.6) is 5.75 Å². The Morgan fingerprint density at radius 2 is 2.11 bits per heavy atom. The summed E-state index contributed by atoms with van der Waals surface area (Å²) in [6.45, 7) is 12.3. The molecule has 0 saturated carbocycles. The number of aliphatic imine (C=N–C) groups is 1. The van der Waals surface area contributed by atoms with Gasteiger partial charge in [-0.1, -0.05) is 46.8 Å². The zero-order valence-corrected chi connectivity index (χ0v) is 21.9. The Labute approximate surface area is 210 Å². The molecule has 2 heterocycles. The van der Waals surface area contributed by atoms with E-state index in [1.165, 1.54) is 5.57 Å². The zero-order valence-electron chi connectivity index (χ0n) is 21.9. The molecule has 1 aromatic rings. The van der Waals surface area contributed by atoms with E-state index in [2.05, 4.69) is 52.8 Å². The first-order valence-corrected chi connectivity index (χ1v) is 13.2. The van der Waals surface area contributed by atoms with Crippen molar-refractivity contribution in [3.8, 4) is 5.75 Å². The summed E-state index contributed by atoms with van der Waals surface area (Å²) in [4.78, 5) is 17.4. The molecule has 0 spiro atoms. The van der Waals surface area contributed by atoms with E-state index >= 15 is 0 Å². The molecule has 0 saturated heterocycles. The van der Waals surface area contributed by atoms with Gasteiger partial charge in [0, 0.05) is 12.1 Å². The monoisotopic (exact) mass is 476 g/mol. The number of fused-ring (bicyclic) bond motifs is 1. The molecule has 3 unspecified atom stereocenters. The van der Waals surface area contributed by atoms with Gasteiger partial charge < -0.3 is 15.2 Å². The van der Waals surface area contributed by atoms with Gasteiger partial charge in [0.05, 0.1) is 18.9 Å². The summed E-state index contributed by atoms with van der Waals surface area (Å²) in [5, 5.41) is 0.